The van der Waals surface area contributed by atoms with E-state index in [1.807, 2.05) is 51.1 Å². The van der Waals surface area contributed by atoms with E-state index >= 15 is 0 Å². The van der Waals surface area contributed by atoms with Crippen LogP contribution in [0.4, 0.5) is 5.69 Å². The highest BCUT2D eigenvalue weighted by Crippen LogP contribution is 2.21. The van der Waals surface area contributed by atoms with Gasteiger partial charge in [-0.15, -0.1) is 0 Å². The van der Waals surface area contributed by atoms with E-state index in [9.17, 15) is 9.59 Å². The van der Waals surface area contributed by atoms with Gasteiger partial charge in [0.25, 0.3) is 0 Å². The molecule has 0 radical (unpaired) electrons. The smallest absolute Gasteiger partial charge is 0.227 e. The topological polar surface area (TPSA) is 66.4 Å². The van der Waals surface area contributed by atoms with Crippen LogP contribution in [-0.2, 0) is 22.6 Å². The van der Waals surface area contributed by atoms with Gasteiger partial charge < -0.3 is 10.4 Å². The zero-order valence-corrected chi connectivity index (χ0v) is 19.6. The molecular formula is C27H39NO3. The predicted molar refractivity (Wildman–Crippen MR) is 129 cm³/mol. The number of aliphatic hydroxyl groups excluding tert-OH is 1. The van der Waals surface area contributed by atoms with E-state index in [0.29, 0.717) is 12.1 Å². The summed E-state index contributed by atoms with van der Waals surface area (Å²) < 4.78 is 0. The fraction of sp³-hybridized carbons (Fsp3) is 0.481. The van der Waals surface area contributed by atoms with Crippen molar-refractivity contribution in [1.29, 1.82) is 0 Å². The summed E-state index contributed by atoms with van der Waals surface area (Å²) in [5.41, 5.74) is 2.63. The Morgan fingerprint density at radius 3 is 2.16 bits per heavy atom. The van der Waals surface area contributed by atoms with Gasteiger partial charge in [0.1, 0.15) is 5.78 Å². The number of Topliss-reactive ketones (excluding diaryl/α,β-unsaturated/α-hetero) is 1. The number of benzene rings is 2. The first kappa shape index (κ1) is 26.6. The van der Waals surface area contributed by atoms with Gasteiger partial charge in [-0.05, 0) is 36.1 Å². The summed E-state index contributed by atoms with van der Waals surface area (Å²) in [6, 6.07) is 17.1. The van der Waals surface area contributed by atoms with Crippen molar-refractivity contribution in [2.75, 3.05) is 5.32 Å². The van der Waals surface area contributed by atoms with Gasteiger partial charge in [-0.1, -0.05) is 89.4 Å². The van der Waals surface area contributed by atoms with Crippen LogP contribution < -0.4 is 5.32 Å². The Bertz CT molecular complexity index is 756. The minimum Gasteiger partial charge on any atom is -0.392 e. The number of amides is 1. The highest BCUT2D eigenvalue weighted by Gasteiger charge is 2.24. The molecule has 0 unspecified atom stereocenters. The van der Waals surface area contributed by atoms with Crippen molar-refractivity contribution in [1.82, 2.24) is 0 Å². The van der Waals surface area contributed by atoms with Gasteiger partial charge in [-0.3, -0.25) is 9.59 Å². The van der Waals surface area contributed by atoms with Gasteiger partial charge >= 0.3 is 0 Å². The van der Waals surface area contributed by atoms with Crippen molar-refractivity contribution >= 4 is 17.4 Å². The van der Waals surface area contributed by atoms with Crippen LogP contribution in [0.1, 0.15) is 70.9 Å². The van der Waals surface area contributed by atoms with Crippen molar-refractivity contribution in [3.63, 3.8) is 0 Å². The fourth-order valence-corrected chi connectivity index (χ4v) is 3.43. The van der Waals surface area contributed by atoms with E-state index < -0.39 is 0 Å². The molecule has 2 atom stereocenters. The monoisotopic (exact) mass is 425 g/mol. The number of anilines is 1. The van der Waals surface area contributed by atoms with Crippen LogP contribution in [0.25, 0.3) is 0 Å². The van der Waals surface area contributed by atoms with Crippen molar-refractivity contribution < 1.29 is 14.7 Å². The van der Waals surface area contributed by atoms with Gasteiger partial charge in [0, 0.05) is 23.9 Å². The molecule has 31 heavy (non-hydrogen) atoms. The Kier molecular flexibility index (Phi) is 13.2. The number of aliphatic hydroxyl groups is 1. The second-order valence-electron chi connectivity index (χ2n) is 7.80. The largest absolute Gasteiger partial charge is 0.392 e. The van der Waals surface area contributed by atoms with Crippen LogP contribution in [-0.4, -0.2) is 16.8 Å². The van der Waals surface area contributed by atoms with Crippen LogP contribution in [0.15, 0.2) is 54.6 Å². The Labute approximate surface area is 188 Å². The lowest BCUT2D eigenvalue weighted by molar-refractivity contribution is -0.128. The SMILES string of the molecule is CC.CCCCC[C@H](CC(=O)[C@@H](C)Cc1ccccc1)C(=O)Nc1ccc(CO)cc1. The Morgan fingerprint density at radius 2 is 1.58 bits per heavy atom. The van der Waals surface area contributed by atoms with Gasteiger partial charge in [0.05, 0.1) is 6.61 Å². The summed E-state index contributed by atoms with van der Waals surface area (Å²) in [5, 5.41) is 12.1. The lowest BCUT2D eigenvalue weighted by Crippen LogP contribution is -2.27. The maximum Gasteiger partial charge on any atom is 0.227 e. The third kappa shape index (κ3) is 9.93. The molecule has 2 aromatic carbocycles. The Balaban J connectivity index is 0.00000233. The lowest BCUT2D eigenvalue weighted by Gasteiger charge is -2.19. The zero-order valence-electron chi connectivity index (χ0n) is 19.6. The molecular weight excluding hydrogens is 386 g/mol. The lowest BCUT2D eigenvalue weighted by atomic mass is 9.88. The summed E-state index contributed by atoms with van der Waals surface area (Å²) in [7, 11) is 0. The first-order valence-electron chi connectivity index (χ1n) is 11.6. The summed E-state index contributed by atoms with van der Waals surface area (Å²) >= 11 is 0. The van der Waals surface area contributed by atoms with Crippen molar-refractivity contribution in [3.8, 4) is 0 Å². The van der Waals surface area contributed by atoms with Gasteiger partial charge in [-0.2, -0.15) is 0 Å². The minimum absolute atomic E-state index is 0.0261. The van der Waals surface area contributed by atoms with E-state index in [1.54, 1.807) is 24.3 Å². The average Bonchev–Trinajstić information content (AvgIpc) is 2.80. The van der Waals surface area contributed by atoms with E-state index in [2.05, 4.69) is 12.2 Å². The van der Waals surface area contributed by atoms with Gasteiger partial charge in [0.2, 0.25) is 5.91 Å². The molecule has 0 heterocycles. The minimum atomic E-state index is -0.315. The van der Waals surface area contributed by atoms with Crippen LogP contribution in [0, 0.1) is 11.8 Å². The van der Waals surface area contributed by atoms with Gasteiger partial charge in [0.15, 0.2) is 0 Å². The zero-order chi connectivity index (χ0) is 23.1. The quantitative estimate of drug-likeness (QED) is 0.399. The second-order valence-corrected chi connectivity index (χ2v) is 7.80. The molecule has 2 aromatic rings. The predicted octanol–water partition coefficient (Wildman–Crippen LogP) is 6.18. The highest BCUT2D eigenvalue weighted by molar-refractivity contribution is 5.95. The van der Waals surface area contributed by atoms with Crippen molar-refractivity contribution in [3.05, 3.63) is 65.7 Å². The molecule has 0 bridgehead atoms. The van der Waals surface area contributed by atoms with Gasteiger partial charge in [-0.25, -0.2) is 0 Å². The summed E-state index contributed by atoms with van der Waals surface area (Å²) in [6.45, 7) is 8.05. The first-order chi connectivity index (χ1) is 15.0. The maximum atomic E-state index is 12.9. The highest BCUT2D eigenvalue weighted by atomic mass is 16.3. The average molecular weight is 426 g/mol. The van der Waals surface area contributed by atoms with E-state index in [4.69, 9.17) is 5.11 Å². The molecule has 0 aromatic heterocycles. The normalized spacial score (nSPS) is 12.3. The number of unbranched alkanes of at least 4 members (excludes halogenated alkanes) is 2. The number of ketones is 1. The van der Waals surface area contributed by atoms with Crippen molar-refractivity contribution in [2.24, 2.45) is 11.8 Å². The summed E-state index contributed by atoms with van der Waals surface area (Å²) in [5.74, 6) is -0.383. The molecule has 1 amide bonds. The van der Waals surface area contributed by atoms with Crippen molar-refractivity contribution in [2.45, 2.75) is 72.8 Å². The third-order valence-electron chi connectivity index (χ3n) is 5.31. The van der Waals surface area contributed by atoms with Crippen LogP contribution in [0.2, 0.25) is 0 Å². The molecule has 2 rings (SSSR count). The fourth-order valence-electron chi connectivity index (χ4n) is 3.43. The molecule has 0 spiro atoms. The van der Waals surface area contributed by atoms with E-state index in [-0.39, 0.29) is 36.6 Å². The summed E-state index contributed by atoms with van der Waals surface area (Å²) in [6.07, 6.45) is 4.78. The molecule has 0 aliphatic carbocycles. The molecule has 0 aliphatic heterocycles. The summed E-state index contributed by atoms with van der Waals surface area (Å²) in [4.78, 5) is 25.7. The third-order valence-corrected chi connectivity index (χ3v) is 5.31. The number of rotatable bonds is 12. The number of hydrogen-bond donors (Lipinski definition) is 2. The molecule has 4 heteroatoms. The van der Waals surface area contributed by atoms with Crippen LogP contribution in [0.5, 0.6) is 0 Å². The molecule has 4 nitrogen and oxygen atoms in total. The standard InChI is InChI=1S/C25H33NO3.C2H6/c1-3-4-6-11-22(25(29)26-23-14-12-21(18-27)13-15-23)17-24(28)19(2)16-20-9-7-5-8-10-20;1-2/h5,7-10,12-15,19,22,27H,3-4,6,11,16-18H2,1-2H3,(H,26,29);1-2H3/t19-,22+;/m0./s1. The number of hydrogen-bond acceptors (Lipinski definition) is 3. The number of carbonyl (C=O) groups excluding carboxylic acids is 2. The molecule has 2 N–H and O–H groups in total. The molecule has 0 fully saturated rings. The molecule has 0 saturated carbocycles. The van der Waals surface area contributed by atoms with Crippen LogP contribution >= 0.6 is 0 Å². The Morgan fingerprint density at radius 1 is 0.935 bits per heavy atom. The van der Waals surface area contributed by atoms with E-state index in [0.717, 1.165) is 36.8 Å². The maximum absolute atomic E-state index is 12.9. The van der Waals surface area contributed by atoms with Crippen LogP contribution in [0.3, 0.4) is 0 Å². The van der Waals surface area contributed by atoms with E-state index in [1.165, 1.54) is 0 Å². The first-order valence-corrected chi connectivity index (χ1v) is 11.6. The molecule has 0 saturated heterocycles. The number of carbonyl (C=O) groups is 2. The molecule has 0 aliphatic rings. The second kappa shape index (κ2) is 15.4. The molecule has 170 valence electrons. The Hall–Kier alpha value is -2.46. The number of nitrogens with one attached hydrogen (secondary N) is 1.